The molecule has 1 atom stereocenters. The lowest BCUT2D eigenvalue weighted by atomic mass is 10.2. The first-order chi connectivity index (χ1) is 11.4. The number of benzene rings is 2. The molecule has 0 fully saturated rings. The van der Waals surface area contributed by atoms with Crippen molar-refractivity contribution in [1.82, 2.24) is 0 Å². The van der Waals surface area contributed by atoms with Crippen LogP contribution < -0.4 is 10.4 Å². The second-order valence-electron chi connectivity index (χ2n) is 7.48. The fourth-order valence-electron chi connectivity index (χ4n) is 3.40. The molecular formula is C22H30OSi. The predicted octanol–water partition coefficient (Wildman–Crippen LogP) is 4.78. The lowest BCUT2D eigenvalue weighted by Crippen LogP contribution is -2.66. The zero-order valence-corrected chi connectivity index (χ0v) is 16.6. The molecule has 1 nitrogen and oxygen atoms in total. The van der Waals surface area contributed by atoms with E-state index in [-0.39, 0.29) is 5.04 Å². The number of hydrogen-bond donors (Lipinski definition) is 0. The topological polar surface area (TPSA) is 9.23 Å². The average Bonchev–Trinajstić information content (AvgIpc) is 2.56. The molecule has 2 aromatic rings. The minimum Gasteiger partial charge on any atom is -0.407 e. The first-order valence-corrected chi connectivity index (χ1v) is 10.7. The summed E-state index contributed by atoms with van der Waals surface area (Å²) in [5.41, 5.74) is 0. The van der Waals surface area contributed by atoms with Crippen LogP contribution in [0.4, 0.5) is 0 Å². The van der Waals surface area contributed by atoms with Crippen molar-refractivity contribution in [2.24, 2.45) is 5.92 Å². The van der Waals surface area contributed by atoms with E-state index in [0.29, 0.717) is 5.92 Å². The van der Waals surface area contributed by atoms with Gasteiger partial charge in [0.1, 0.15) is 0 Å². The molecule has 0 aliphatic heterocycles. The summed E-state index contributed by atoms with van der Waals surface area (Å²) in [6, 6.07) is 21.6. The molecular weight excluding hydrogens is 308 g/mol. The number of hydrogen-bond acceptors (Lipinski definition) is 1. The highest BCUT2D eigenvalue weighted by Crippen LogP contribution is 2.37. The smallest absolute Gasteiger partial charge is 0.261 e. The molecule has 0 saturated carbocycles. The van der Waals surface area contributed by atoms with Gasteiger partial charge in [0.25, 0.3) is 8.32 Å². The van der Waals surface area contributed by atoms with Gasteiger partial charge in [0.15, 0.2) is 0 Å². The van der Waals surface area contributed by atoms with E-state index < -0.39 is 8.32 Å². The second-order valence-corrected chi connectivity index (χ2v) is 11.8. The third-order valence-electron chi connectivity index (χ3n) is 4.50. The van der Waals surface area contributed by atoms with Crippen LogP contribution in [0.1, 0.15) is 34.6 Å². The summed E-state index contributed by atoms with van der Waals surface area (Å²) >= 11 is 0. The summed E-state index contributed by atoms with van der Waals surface area (Å²) in [7, 11) is -2.38. The zero-order chi connectivity index (χ0) is 17.6. The van der Waals surface area contributed by atoms with Gasteiger partial charge < -0.3 is 4.43 Å². The van der Waals surface area contributed by atoms with Gasteiger partial charge in [-0.2, -0.15) is 0 Å². The van der Waals surface area contributed by atoms with E-state index in [2.05, 4.69) is 107 Å². The Balaban J connectivity index is 2.57. The molecule has 0 heterocycles. The molecule has 0 bridgehead atoms. The Morgan fingerprint density at radius 1 is 0.917 bits per heavy atom. The highest BCUT2D eigenvalue weighted by Gasteiger charge is 2.50. The average molecular weight is 339 g/mol. The summed E-state index contributed by atoms with van der Waals surface area (Å²) in [5.74, 6) is 0.414. The van der Waals surface area contributed by atoms with Crippen molar-refractivity contribution < 1.29 is 4.43 Å². The van der Waals surface area contributed by atoms with Crippen LogP contribution in [-0.2, 0) is 4.43 Å². The third kappa shape index (κ3) is 3.88. The maximum atomic E-state index is 6.87. The minimum absolute atomic E-state index is 0.0470. The van der Waals surface area contributed by atoms with Gasteiger partial charge in [-0.05, 0) is 28.3 Å². The fourth-order valence-corrected chi connectivity index (χ4v) is 8.07. The van der Waals surface area contributed by atoms with Crippen molar-refractivity contribution in [3.8, 4) is 0 Å². The maximum Gasteiger partial charge on any atom is 0.261 e. The largest absolute Gasteiger partial charge is 0.407 e. The maximum absolute atomic E-state index is 6.87. The van der Waals surface area contributed by atoms with Crippen LogP contribution in [0.2, 0.25) is 5.04 Å². The Kier molecular flexibility index (Phi) is 6.19. The molecule has 2 rings (SSSR count). The van der Waals surface area contributed by atoms with Gasteiger partial charge in [0.2, 0.25) is 0 Å². The van der Waals surface area contributed by atoms with Gasteiger partial charge in [-0.3, -0.25) is 0 Å². The van der Waals surface area contributed by atoms with Crippen LogP contribution in [0.5, 0.6) is 0 Å². The van der Waals surface area contributed by atoms with Gasteiger partial charge in [-0.25, -0.2) is 0 Å². The van der Waals surface area contributed by atoms with Crippen LogP contribution in [-0.4, -0.2) is 14.9 Å². The molecule has 24 heavy (non-hydrogen) atoms. The quantitative estimate of drug-likeness (QED) is 0.544. The summed E-state index contributed by atoms with van der Waals surface area (Å²) in [6.45, 7) is 12.0. The summed E-state index contributed by atoms with van der Waals surface area (Å²) in [4.78, 5) is 0. The highest BCUT2D eigenvalue weighted by molar-refractivity contribution is 6.99. The zero-order valence-electron chi connectivity index (χ0n) is 15.6. The lowest BCUT2D eigenvalue weighted by Gasteiger charge is -2.43. The van der Waals surface area contributed by atoms with Crippen LogP contribution >= 0.6 is 0 Å². The normalized spacial score (nSPS) is 14.0. The first kappa shape index (κ1) is 18.7. The molecule has 0 N–H and O–H groups in total. The van der Waals surface area contributed by atoms with E-state index in [4.69, 9.17) is 4.43 Å². The Bertz CT molecular complexity index is 601. The van der Waals surface area contributed by atoms with Gasteiger partial charge in [0.05, 0.1) is 0 Å². The second kappa shape index (κ2) is 7.95. The monoisotopic (exact) mass is 338 g/mol. The summed E-state index contributed by atoms with van der Waals surface area (Å²) in [6.07, 6.45) is 4.33. The molecule has 0 saturated heterocycles. The Hall–Kier alpha value is -1.64. The van der Waals surface area contributed by atoms with Crippen molar-refractivity contribution in [2.45, 2.75) is 39.7 Å². The number of allylic oxidation sites excluding steroid dienone is 1. The third-order valence-corrected chi connectivity index (χ3v) is 9.51. The van der Waals surface area contributed by atoms with Crippen LogP contribution in [0.15, 0.2) is 72.8 Å². The van der Waals surface area contributed by atoms with Crippen molar-refractivity contribution >= 4 is 18.7 Å². The van der Waals surface area contributed by atoms with E-state index >= 15 is 0 Å². The minimum atomic E-state index is -2.38. The molecule has 2 aromatic carbocycles. The van der Waals surface area contributed by atoms with E-state index in [1.165, 1.54) is 10.4 Å². The van der Waals surface area contributed by atoms with Crippen LogP contribution in [0.3, 0.4) is 0 Å². The van der Waals surface area contributed by atoms with Crippen molar-refractivity contribution in [2.75, 3.05) is 6.61 Å². The van der Waals surface area contributed by atoms with Gasteiger partial charge in [-0.1, -0.05) is 101 Å². The van der Waals surface area contributed by atoms with Gasteiger partial charge in [0, 0.05) is 6.61 Å². The Labute approximate surface area is 148 Å². The molecule has 2 heteroatoms. The van der Waals surface area contributed by atoms with E-state index in [1.807, 2.05) is 0 Å². The molecule has 128 valence electrons. The van der Waals surface area contributed by atoms with Crippen LogP contribution in [0.25, 0.3) is 0 Å². The fraction of sp³-hybridized carbons (Fsp3) is 0.364. The number of rotatable bonds is 6. The van der Waals surface area contributed by atoms with Crippen molar-refractivity contribution in [3.63, 3.8) is 0 Å². The Morgan fingerprint density at radius 2 is 1.38 bits per heavy atom. The standard InChI is InChI=1S/C22H30OSi/c1-6-13-19(2)18-23-24(22(3,4)5,20-14-9-7-10-15-20)21-16-11-8-12-17-21/h6-17,19H,18H2,1-5H3/b13-6-/t19-/m1/s1. The molecule has 0 aliphatic rings. The van der Waals surface area contributed by atoms with Gasteiger partial charge >= 0.3 is 0 Å². The van der Waals surface area contributed by atoms with Crippen molar-refractivity contribution in [1.29, 1.82) is 0 Å². The van der Waals surface area contributed by atoms with E-state index in [1.54, 1.807) is 0 Å². The van der Waals surface area contributed by atoms with Crippen molar-refractivity contribution in [3.05, 3.63) is 72.8 Å². The molecule has 0 amide bonds. The first-order valence-electron chi connectivity index (χ1n) is 8.79. The van der Waals surface area contributed by atoms with Gasteiger partial charge in [-0.15, -0.1) is 0 Å². The van der Waals surface area contributed by atoms with Crippen LogP contribution in [0, 0.1) is 5.92 Å². The molecule has 0 aliphatic carbocycles. The molecule has 0 spiro atoms. The summed E-state index contributed by atoms with van der Waals surface area (Å²) in [5, 5.41) is 2.73. The van der Waals surface area contributed by atoms with E-state index in [0.717, 1.165) is 6.61 Å². The van der Waals surface area contributed by atoms with E-state index in [9.17, 15) is 0 Å². The lowest BCUT2D eigenvalue weighted by molar-refractivity contribution is 0.268. The molecule has 0 unspecified atom stereocenters. The Morgan fingerprint density at radius 3 is 1.75 bits per heavy atom. The SMILES string of the molecule is C/C=C\[C@@H](C)CO[Si](c1ccccc1)(c1ccccc1)C(C)(C)C. The molecule has 0 radical (unpaired) electrons. The predicted molar refractivity (Wildman–Crippen MR) is 108 cm³/mol. The molecule has 0 aromatic heterocycles. The summed E-state index contributed by atoms with van der Waals surface area (Å²) < 4.78 is 6.87. The highest BCUT2D eigenvalue weighted by atomic mass is 28.4.